The van der Waals surface area contributed by atoms with E-state index in [1.165, 1.54) is 17.0 Å². The molecule has 2 aromatic rings. The maximum atomic E-state index is 14.3. The number of hydrogen-bond donors (Lipinski definition) is 2. The van der Waals surface area contributed by atoms with Crippen molar-refractivity contribution in [2.24, 2.45) is 16.6 Å². The van der Waals surface area contributed by atoms with Crippen molar-refractivity contribution < 1.29 is 9.18 Å². The van der Waals surface area contributed by atoms with Crippen molar-refractivity contribution in [3.05, 3.63) is 77.6 Å². The maximum Gasteiger partial charge on any atom is 0.232 e. The number of nitrogens with one attached hydrogen (secondary N) is 1. The molecule has 0 bridgehead atoms. The van der Waals surface area contributed by atoms with E-state index in [-0.39, 0.29) is 30.8 Å². The van der Waals surface area contributed by atoms with Gasteiger partial charge in [-0.2, -0.15) is 0 Å². The number of carbonyl (C=O) groups is 1. The van der Waals surface area contributed by atoms with Gasteiger partial charge in [0.1, 0.15) is 5.82 Å². The van der Waals surface area contributed by atoms with Crippen LogP contribution in [0.25, 0.3) is 5.70 Å². The van der Waals surface area contributed by atoms with Crippen LogP contribution >= 0.6 is 0 Å². The van der Waals surface area contributed by atoms with Crippen LogP contribution in [0.3, 0.4) is 0 Å². The molecule has 2 aromatic carbocycles. The lowest BCUT2D eigenvalue weighted by atomic mass is 9.84. The lowest BCUT2D eigenvalue weighted by Gasteiger charge is -2.37. The van der Waals surface area contributed by atoms with E-state index in [4.69, 9.17) is 5.73 Å². The van der Waals surface area contributed by atoms with E-state index in [9.17, 15) is 9.18 Å². The number of halogens is 1. The molecule has 0 spiro atoms. The molecule has 1 atom stereocenters. The van der Waals surface area contributed by atoms with Gasteiger partial charge in [-0.3, -0.25) is 9.69 Å². The maximum absolute atomic E-state index is 14.3. The van der Waals surface area contributed by atoms with Crippen LogP contribution in [0.4, 0.5) is 4.39 Å². The third-order valence-electron chi connectivity index (χ3n) is 5.70. The molecule has 5 nitrogen and oxygen atoms in total. The fourth-order valence-electron chi connectivity index (χ4n) is 3.40. The van der Waals surface area contributed by atoms with Gasteiger partial charge in [0.25, 0.3) is 0 Å². The fourth-order valence-corrected chi connectivity index (χ4v) is 3.40. The summed E-state index contributed by atoms with van der Waals surface area (Å²) in [6.07, 6.45) is 0.277. The molecule has 0 fully saturated rings. The molecule has 1 heterocycles. The molecule has 158 valence electrons. The SMILES string of the molecule is C=C(NCc1ccccc1)c1cc(F)cc(CN2C(=O)C[C@@](C)(C(C)C)N=C2N)c1. The van der Waals surface area contributed by atoms with Gasteiger partial charge in [0, 0.05) is 17.8 Å². The molecule has 1 aliphatic heterocycles. The minimum absolute atomic E-state index is 0.106. The molecule has 3 N–H and O–H groups in total. The molecule has 0 saturated carbocycles. The molecule has 1 amide bonds. The predicted octanol–water partition coefficient (Wildman–Crippen LogP) is 4.05. The molecule has 0 saturated heterocycles. The summed E-state index contributed by atoms with van der Waals surface area (Å²) in [6.45, 7) is 10.8. The van der Waals surface area contributed by atoms with E-state index < -0.39 is 11.4 Å². The first kappa shape index (κ1) is 21.6. The summed E-state index contributed by atoms with van der Waals surface area (Å²) in [5, 5.41) is 3.22. The molecular formula is C24H29FN4O. The lowest BCUT2D eigenvalue weighted by molar-refractivity contribution is -0.130. The minimum Gasteiger partial charge on any atom is -0.381 e. The van der Waals surface area contributed by atoms with Gasteiger partial charge in [-0.15, -0.1) is 0 Å². The first-order valence-electron chi connectivity index (χ1n) is 10.1. The van der Waals surface area contributed by atoms with Gasteiger partial charge in [-0.05, 0) is 42.2 Å². The average Bonchev–Trinajstić information content (AvgIpc) is 2.69. The smallest absolute Gasteiger partial charge is 0.232 e. The number of nitrogens with two attached hydrogens (primary N) is 1. The number of carbonyl (C=O) groups excluding carboxylic acids is 1. The van der Waals surface area contributed by atoms with Crippen LogP contribution in [0.2, 0.25) is 0 Å². The zero-order valence-electron chi connectivity index (χ0n) is 17.8. The fraction of sp³-hybridized carbons (Fsp3) is 0.333. The van der Waals surface area contributed by atoms with Crippen molar-refractivity contribution in [2.45, 2.75) is 45.8 Å². The summed E-state index contributed by atoms with van der Waals surface area (Å²) >= 11 is 0. The van der Waals surface area contributed by atoms with E-state index in [0.29, 0.717) is 23.4 Å². The van der Waals surface area contributed by atoms with E-state index in [0.717, 1.165) is 5.56 Å². The Kier molecular flexibility index (Phi) is 6.25. The molecule has 0 aliphatic carbocycles. The number of benzene rings is 2. The second kappa shape index (κ2) is 8.69. The monoisotopic (exact) mass is 408 g/mol. The van der Waals surface area contributed by atoms with Gasteiger partial charge in [-0.1, -0.05) is 50.8 Å². The highest BCUT2D eigenvalue weighted by Crippen LogP contribution is 2.30. The minimum atomic E-state index is -0.513. The number of guanidine groups is 1. The molecule has 0 radical (unpaired) electrons. The normalized spacial score (nSPS) is 19.0. The van der Waals surface area contributed by atoms with Crippen LogP contribution in [0.5, 0.6) is 0 Å². The third kappa shape index (κ3) is 4.87. The molecule has 1 aliphatic rings. The number of hydrogen-bond acceptors (Lipinski definition) is 4. The Morgan fingerprint density at radius 1 is 1.27 bits per heavy atom. The van der Waals surface area contributed by atoms with Crippen LogP contribution in [0.1, 0.15) is 43.9 Å². The van der Waals surface area contributed by atoms with E-state index in [1.54, 1.807) is 0 Å². The topological polar surface area (TPSA) is 70.7 Å². The highest BCUT2D eigenvalue weighted by Gasteiger charge is 2.38. The van der Waals surface area contributed by atoms with Crippen molar-refractivity contribution in [1.29, 1.82) is 0 Å². The van der Waals surface area contributed by atoms with Crippen molar-refractivity contribution in [2.75, 3.05) is 0 Å². The second-order valence-corrected chi connectivity index (χ2v) is 8.30. The molecule has 30 heavy (non-hydrogen) atoms. The van der Waals surface area contributed by atoms with Gasteiger partial charge in [0.05, 0.1) is 18.5 Å². The summed E-state index contributed by atoms with van der Waals surface area (Å²) in [5.41, 5.74) is 8.57. The Balaban J connectivity index is 1.75. The first-order chi connectivity index (χ1) is 14.2. The highest BCUT2D eigenvalue weighted by atomic mass is 19.1. The molecule has 3 rings (SSSR count). The van der Waals surface area contributed by atoms with Crippen LogP contribution in [-0.2, 0) is 17.9 Å². The van der Waals surface area contributed by atoms with Crippen molar-refractivity contribution in [3.63, 3.8) is 0 Å². The summed E-state index contributed by atoms with van der Waals surface area (Å²) in [7, 11) is 0. The van der Waals surface area contributed by atoms with Crippen molar-refractivity contribution in [3.8, 4) is 0 Å². The summed E-state index contributed by atoms with van der Waals surface area (Å²) < 4.78 is 14.3. The molecule has 0 aromatic heterocycles. The van der Waals surface area contributed by atoms with Crippen LogP contribution in [0, 0.1) is 11.7 Å². The Morgan fingerprint density at radius 3 is 2.60 bits per heavy atom. The van der Waals surface area contributed by atoms with E-state index in [1.807, 2.05) is 57.2 Å². The van der Waals surface area contributed by atoms with E-state index in [2.05, 4.69) is 16.9 Å². The summed E-state index contributed by atoms with van der Waals surface area (Å²) in [5.74, 6) is -0.140. The third-order valence-corrected chi connectivity index (χ3v) is 5.70. The molecule has 0 unspecified atom stereocenters. The number of amides is 1. The van der Waals surface area contributed by atoms with Gasteiger partial charge >= 0.3 is 0 Å². The van der Waals surface area contributed by atoms with Crippen molar-refractivity contribution >= 4 is 17.6 Å². The Bertz CT molecular complexity index is 970. The van der Waals surface area contributed by atoms with Crippen molar-refractivity contribution in [1.82, 2.24) is 10.2 Å². The zero-order chi connectivity index (χ0) is 21.9. The Labute approximate surface area is 177 Å². The number of rotatable bonds is 7. The lowest BCUT2D eigenvalue weighted by Crippen LogP contribution is -2.51. The second-order valence-electron chi connectivity index (χ2n) is 8.30. The standard InChI is InChI=1S/C24H29FN4O/c1-16(2)24(4)13-22(30)29(23(26)28-24)15-19-10-20(12-21(25)11-19)17(3)27-14-18-8-6-5-7-9-18/h5-12,16,27H,3,13-15H2,1-2,4H3,(H2,26,28)/t24-/m0/s1. The molecular weight excluding hydrogens is 379 g/mol. The Morgan fingerprint density at radius 2 is 1.97 bits per heavy atom. The van der Waals surface area contributed by atoms with Crippen LogP contribution < -0.4 is 11.1 Å². The van der Waals surface area contributed by atoms with Gasteiger partial charge in [0.2, 0.25) is 5.91 Å². The predicted molar refractivity (Wildman–Crippen MR) is 119 cm³/mol. The van der Waals surface area contributed by atoms with Crippen LogP contribution in [0.15, 0.2) is 60.1 Å². The number of nitrogens with zero attached hydrogens (tertiary/aromatic N) is 2. The zero-order valence-corrected chi connectivity index (χ0v) is 17.8. The largest absolute Gasteiger partial charge is 0.381 e. The number of aliphatic imine (C=N–C) groups is 1. The average molecular weight is 409 g/mol. The van der Waals surface area contributed by atoms with Gasteiger partial charge in [-0.25, -0.2) is 9.38 Å². The van der Waals surface area contributed by atoms with E-state index >= 15 is 0 Å². The summed E-state index contributed by atoms with van der Waals surface area (Å²) in [6, 6.07) is 14.5. The first-order valence-corrected chi connectivity index (χ1v) is 10.1. The molecule has 6 heteroatoms. The highest BCUT2D eigenvalue weighted by molar-refractivity contribution is 5.99. The van der Waals surface area contributed by atoms with Gasteiger partial charge < -0.3 is 11.1 Å². The van der Waals surface area contributed by atoms with Crippen LogP contribution in [-0.4, -0.2) is 22.3 Å². The van der Waals surface area contributed by atoms with Gasteiger partial charge in [0.15, 0.2) is 5.96 Å². The summed E-state index contributed by atoms with van der Waals surface area (Å²) in [4.78, 5) is 18.7. The quantitative estimate of drug-likeness (QED) is 0.726. The Hall–Kier alpha value is -3.15.